The fourth-order valence-electron chi connectivity index (χ4n) is 1.26. The van der Waals surface area contributed by atoms with Gasteiger partial charge in [0.15, 0.2) is 0 Å². The number of benzene rings is 1. The van der Waals surface area contributed by atoms with E-state index < -0.39 is 24.4 Å². The van der Waals surface area contributed by atoms with Gasteiger partial charge in [-0.3, -0.25) is 5.73 Å². The number of nitrogens with two attached hydrogens (primary N) is 1. The average Bonchev–Trinajstić information content (AvgIpc) is 2.16. The van der Waals surface area contributed by atoms with E-state index in [9.17, 15) is 9.50 Å². The molecule has 0 aromatic heterocycles. The second kappa shape index (κ2) is 5.18. The van der Waals surface area contributed by atoms with Crippen LogP contribution in [0.3, 0.4) is 0 Å². The fraction of sp³-hybridized carbons (Fsp3) is 0.400. The van der Waals surface area contributed by atoms with Gasteiger partial charge < -0.3 is 14.9 Å². The highest BCUT2D eigenvalue weighted by atomic mass is 19.1. The summed E-state index contributed by atoms with van der Waals surface area (Å²) in [5, 5.41) is 18.4. The van der Waals surface area contributed by atoms with E-state index in [0.29, 0.717) is 0 Å². The van der Waals surface area contributed by atoms with E-state index in [-0.39, 0.29) is 5.56 Å². The molecule has 0 aliphatic carbocycles. The number of halogens is 1. The number of hydrogen-bond acceptors (Lipinski definition) is 4. The molecule has 0 spiro atoms. The molecule has 4 N–H and O–H groups in total. The molecule has 0 amide bonds. The van der Waals surface area contributed by atoms with Crippen LogP contribution < -0.4 is 5.73 Å². The van der Waals surface area contributed by atoms with E-state index in [1.807, 2.05) is 0 Å². The van der Waals surface area contributed by atoms with Gasteiger partial charge >= 0.3 is 0 Å². The van der Waals surface area contributed by atoms with Gasteiger partial charge in [0.05, 0.1) is 6.10 Å². The monoisotopic (exact) mass is 215 g/mol. The molecule has 84 valence electrons. The second-order valence-corrected chi connectivity index (χ2v) is 3.20. The Morgan fingerprint density at radius 2 is 1.93 bits per heavy atom. The molecule has 3 atom stereocenters. The lowest BCUT2D eigenvalue weighted by molar-refractivity contribution is -0.156. The largest absolute Gasteiger partial charge is 0.386 e. The van der Waals surface area contributed by atoms with Crippen molar-refractivity contribution < 1.29 is 19.3 Å². The van der Waals surface area contributed by atoms with Crippen molar-refractivity contribution in [2.45, 2.75) is 25.5 Å². The maximum atomic E-state index is 13.2. The van der Waals surface area contributed by atoms with Gasteiger partial charge in [0.1, 0.15) is 11.9 Å². The number of hydrogen-bond donors (Lipinski definition) is 3. The molecule has 4 nitrogen and oxygen atoms in total. The van der Waals surface area contributed by atoms with Crippen molar-refractivity contribution in [3.63, 3.8) is 0 Å². The number of ether oxygens (including phenoxy) is 1. The molecule has 1 aromatic rings. The third-order valence-corrected chi connectivity index (χ3v) is 2.02. The van der Waals surface area contributed by atoms with Gasteiger partial charge in [0.25, 0.3) is 0 Å². The molecule has 0 saturated heterocycles. The summed E-state index contributed by atoms with van der Waals surface area (Å²) in [5.74, 6) is -0.521. The Balaban J connectivity index is 2.76. The van der Waals surface area contributed by atoms with Crippen LogP contribution in [0.2, 0.25) is 0 Å². The molecule has 3 unspecified atom stereocenters. The fourth-order valence-corrected chi connectivity index (χ4v) is 1.26. The third-order valence-electron chi connectivity index (χ3n) is 2.02. The minimum atomic E-state index is -1.48. The van der Waals surface area contributed by atoms with Gasteiger partial charge in [-0.25, -0.2) is 4.39 Å². The topological polar surface area (TPSA) is 75.7 Å². The Morgan fingerprint density at radius 1 is 1.33 bits per heavy atom. The third kappa shape index (κ3) is 3.24. The lowest BCUT2D eigenvalue weighted by atomic mass is 10.1. The maximum absolute atomic E-state index is 13.2. The van der Waals surface area contributed by atoms with Crippen molar-refractivity contribution in [1.82, 2.24) is 0 Å². The van der Waals surface area contributed by atoms with Crippen LogP contribution in [0.15, 0.2) is 24.3 Å². The first-order valence-corrected chi connectivity index (χ1v) is 4.54. The predicted molar refractivity (Wildman–Crippen MR) is 52.1 cm³/mol. The van der Waals surface area contributed by atoms with E-state index in [1.54, 1.807) is 6.07 Å². The minimum absolute atomic E-state index is 0.116. The highest BCUT2D eigenvalue weighted by Gasteiger charge is 2.21. The summed E-state index contributed by atoms with van der Waals surface area (Å²) in [5.41, 5.74) is 5.09. The summed E-state index contributed by atoms with van der Waals surface area (Å²) in [4.78, 5) is 0. The Labute approximate surface area is 87.1 Å². The summed E-state index contributed by atoms with van der Waals surface area (Å²) >= 11 is 0. The number of rotatable bonds is 4. The van der Waals surface area contributed by atoms with Crippen LogP contribution in [0.4, 0.5) is 4.39 Å². The number of aliphatic hydroxyl groups excluding tert-OH is 2. The minimum Gasteiger partial charge on any atom is -0.386 e. The molecule has 0 heterocycles. The first-order chi connectivity index (χ1) is 7.02. The summed E-state index contributed by atoms with van der Waals surface area (Å²) < 4.78 is 18.0. The zero-order chi connectivity index (χ0) is 11.4. The molecule has 5 heteroatoms. The normalized spacial score (nSPS) is 17.1. The van der Waals surface area contributed by atoms with Crippen molar-refractivity contribution in [2.75, 3.05) is 0 Å². The van der Waals surface area contributed by atoms with E-state index in [0.717, 1.165) is 0 Å². The van der Waals surface area contributed by atoms with Crippen molar-refractivity contribution in [3.05, 3.63) is 35.6 Å². The van der Waals surface area contributed by atoms with Crippen molar-refractivity contribution >= 4 is 0 Å². The molecule has 0 radical (unpaired) electrons. The Bertz CT molecular complexity index is 319. The van der Waals surface area contributed by atoms with Crippen molar-refractivity contribution in [2.24, 2.45) is 5.73 Å². The van der Waals surface area contributed by atoms with E-state index in [2.05, 4.69) is 0 Å². The highest BCUT2D eigenvalue weighted by molar-refractivity contribution is 5.20. The van der Waals surface area contributed by atoms with Crippen LogP contribution in [0.5, 0.6) is 0 Å². The maximum Gasteiger partial charge on any atom is 0.211 e. The van der Waals surface area contributed by atoms with Crippen LogP contribution in [-0.2, 0) is 4.74 Å². The number of aliphatic hydroxyl groups is 2. The molecular formula is C10H14FNO3. The Morgan fingerprint density at radius 3 is 2.47 bits per heavy atom. The lowest BCUT2D eigenvalue weighted by Gasteiger charge is -2.21. The van der Waals surface area contributed by atoms with Gasteiger partial charge in [0.2, 0.25) is 6.41 Å². The van der Waals surface area contributed by atoms with E-state index in [1.165, 1.54) is 25.1 Å². The van der Waals surface area contributed by atoms with Gasteiger partial charge in [-0.05, 0) is 13.0 Å². The van der Waals surface area contributed by atoms with Gasteiger partial charge in [-0.15, -0.1) is 0 Å². The van der Waals surface area contributed by atoms with Crippen LogP contribution in [0, 0.1) is 5.82 Å². The predicted octanol–water partition coefficient (Wildman–Crippen LogP) is 0.499. The molecule has 1 rings (SSSR count). The van der Waals surface area contributed by atoms with Crippen LogP contribution in [0.25, 0.3) is 0 Å². The van der Waals surface area contributed by atoms with E-state index in [4.69, 9.17) is 15.6 Å². The molecule has 0 aliphatic heterocycles. The molecule has 15 heavy (non-hydrogen) atoms. The molecule has 0 saturated carbocycles. The standard InChI is InChI=1S/C10H14FNO3/c1-6(15-10(12)14)9(13)7-4-2-3-5-8(7)11/h2-6,9-10,13-14H,12H2,1H3. The quantitative estimate of drug-likeness (QED) is 0.639. The SMILES string of the molecule is CC(OC(N)O)C(O)c1ccccc1F. The molecule has 0 bridgehead atoms. The summed E-state index contributed by atoms with van der Waals surface area (Å²) in [6, 6.07) is 5.81. The molecule has 0 aliphatic rings. The van der Waals surface area contributed by atoms with Gasteiger partial charge in [0, 0.05) is 5.56 Å². The summed E-state index contributed by atoms with van der Waals surface area (Å²) in [7, 11) is 0. The first-order valence-electron chi connectivity index (χ1n) is 4.54. The van der Waals surface area contributed by atoms with Crippen LogP contribution in [-0.4, -0.2) is 22.7 Å². The Hall–Kier alpha value is -1.01. The smallest absolute Gasteiger partial charge is 0.211 e. The zero-order valence-corrected chi connectivity index (χ0v) is 8.30. The van der Waals surface area contributed by atoms with Gasteiger partial charge in [-0.1, -0.05) is 18.2 Å². The van der Waals surface area contributed by atoms with Crippen LogP contribution in [0.1, 0.15) is 18.6 Å². The average molecular weight is 215 g/mol. The Kier molecular flexibility index (Phi) is 4.16. The van der Waals surface area contributed by atoms with Gasteiger partial charge in [-0.2, -0.15) is 0 Å². The molecular weight excluding hydrogens is 201 g/mol. The summed E-state index contributed by atoms with van der Waals surface area (Å²) in [6.45, 7) is 1.49. The van der Waals surface area contributed by atoms with Crippen LogP contribution >= 0.6 is 0 Å². The first kappa shape index (κ1) is 12.1. The van der Waals surface area contributed by atoms with Crippen molar-refractivity contribution in [3.8, 4) is 0 Å². The summed E-state index contributed by atoms with van der Waals surface area (Å²) in [6.07, 6.45) is -3.44. The van der Waals surface area contributed by atoms with Crippen molar-refractivity contribution in [1.29, 1.82) is 0 Å². The molecule has 1 aromatic carbocycles. The highest BCUT2D eigenvalue weighted by Crippen LogP contribution is 2.21. The zero-order valence-electron chi connectivity index (χ0n) is 8.30. The second-order valence-electron chi connectivity index (χ2n) is 3.20. The lowest BCUT2D eigenvalue weighted by Crippen LogP contribution is -2.31. The molecule has 0 fully saturated rings. The van der Waals surface area contributed by atoms with E-state index >= 15 is 0 Å².